The highest BCUT2D eigenvalue weighted by Gasteiger charge is 2.08. The Morgan fingerprint density at radius 3 is 2.37 bits per heavy atom. The van der Waals surface area contributed by atoms with E-state index in [9.17, 15) is 0 Å². The average Bonchev–Trinajstić information content (AvgIpc) is 3.35. The number of imidazole rings is 1. The van der Waals surface area contributed by atoms with Crippen LogP contribution < -0.4 is 5.32 Å². The topological polar surface area (TPSA) is 69.4 Å². The molecule has 2 aromatic carbocycles. The zero-order valence-electron chi connectivity index (χ0n) is 15.4. The lowest BCUT2D eigenvalue weighted by Crippen LogP contribution is -2.17. The summed E-state index contributed by atoms with van der Waals surface area (Å²) in [5.41, 5.74) is 6.91. The van der Waals surface area contributed by atoms with Crippen LogP contribution in [-0.2, 0) is 13.0 Å². The number of nitrogens with zero attached hydrogens (tertiary/aromatic N) is 2. The van der Waals surface area contributed by atoms with Crippen LogP contribution in [0, 0.1) is 6.92 Å². The van der Waals surface area contributed by atoms with Gasteiger partial charge in [0.1, 0.15) is 5.82 Å². The van der Waals surface area contributed by atoms with E-state index < -0.39 is 0 Å². The van der Waals surface area contributed by atoms with Gasteiger partial charge in [0.25, 0.3) is 0 Å². The number of rotatable bonds is 7. The molecule has 0 bridgehead atoms. The van der Waals surface area contributed by atoms with Crippen molar-refractivity contribution in [2.75, 3.05) is 6.54 Å². The average molecular weight is 357 g/mol. The third kappa shape index (κ3) is 4.15. The molecule has 0 aliphatic rings. The number of benzene rings is 2. The summed E-state index contributed by atoms with van der Waals surface area (Å²) in [6.45, 7) is 3.65. The predicted molar refractivity (Wildman–Crippen MR) is 108 cm³/mol. The van der Waals surface area contributed by atoms with Crippen LogP contribution in [0.25, 0.3) is 22.4 Å². The van der Waals surface area contributed by atoms with Gasteiger partial charge in [0.15, 0.2) is 0 Å². The summed E-state index contributed by atoms with van der Waals surface area (Å²) in [5.74, 6) is 1.02. The number of aromatic nitrogens is 4. The molecule has 2 heterocycles. The van der Waals surface area contributed by atoms with Gasteiger partial charge in [0.2, 0.25) is 0 Å². The van der Waals surface area contributed by atoms with Crippen LogP contribution >= 0.6 is 0 Å². The normalized spacial score (nSPS) is 11.0. The number of nitrogens with one attached hydrogen (secondary N) is 3. The third-order valence-corrected chi connectivity index (χ3v) is 4.61. The summed E-state index contributed by atoms with van der Waals surface area (Å²) >= 11 is 0. The molecule has 4 rings (SSSR count). The van der Waals surface area contributed by atoms with Crippen molar-refractivity contribution in [3.05, 3.63) is 84.1 Å². The van der Waals surface area contributed by atoms with E-state index in [1.165, 1.54) is 11.1 Å². The molecule has 0 fully saturated rings. The largest absolute Gasteiger partial charge is 0.346 e. The molecule has 0 aliphatic heterocycles. The minimum atomic E-state index is 0.770. The standard InChI is InChI=1S/C22H23N5/c1-16-13-24-21(26-16)11-12-23-14-20-15-25-27-22(20)19-9-7-18(8-10-19)17-5-3-2-4-6-17/h2-10,13,15,23H,11-12,14H2,1H3,(H,24,26)(H,25,27). The summed E-state index contributed by atoms with van der Waals surface area (Å²) in [6, 6.07) is 19.0. The van der Waals surface area contributed by atoms with E-state index in [-0.39, 0.29) is 0 Å². The highest BCUT2D eigenvalue weighted by Crippen LogP contribution is 2.25. The van der Waals surface area contributed by atoms with Crippen molar-refractivity contribution in [1.82, 2.24) is 25.5 Å². The first-order valence-electron chi connectivity index (χ1n) is 9.19. The van der Waals surface area contributed by atoms with Crippen LogP contribution in [0.4, 0.5) is 0 Å². The van der Waals surface area contributed by atoms with Crippen molar-refractivity contribution in [2.24, 2.45) is 0 Å². The molecule has 0 radical (unpaired) electrons. The second-order valence-corrected chi connectivity index (χ2v) is 6.65. The zero-order chi connectivity index (χ0) is 18.5. The van der Waals surface area contributed by atoms with Crippen molar-refractivity contribution in [3.63, 3.8) is 0 Å². The summed E-state index contributed by atoms with van der Waals surface area (Å²) in [6.07, 6.45) is 4.64. The molecular weight excluding hydrogens is 334 g/mol. The van der Waals surface area contributed by atoms with E-state index in [0.29, 0.717) is 0 Å². The molecule has 0 atom stereocenters. The van der Waals surface area contributed by atoms with E-state index >= 15 is 0 Å². The van der Waals surface area contributed by atoms with Crippen LogP contribution in [0.5, 0.6) is 0 Å². The van der Waals surface area contributed by atoms with Crippen LogP contribution in [0.15, 0.2) is 67.0 Å². The van der Waals surface area contributed by atoms with E-state index in [4.69, 9.17) is 0 Å². The molecule has 2 aromatic heterocycles. The summed E-state index contributed by atoms with van der Waals surface area (Å²) in [4.78, 5) is 7.59. The van der Waals surface area contributed by atoms with Gasteiger partial charge < -0.3 is 10.3 Å². The molecule has 136 valence electrons. The van der Waals surface area contributed by atoms with Crippen LogP contribution in [0.1, 0.15) is 17.1 Å². The van der Waals surface area contributed by atoms with Gasteiger partial charge in [-0.3, -0.25) is 5.10 Å². The zero-order valence-corrected chi connectivity index (χ0v) is 15.4. The van der Waals surface area contributed by atoms with Gasteiger partial charge in [0.05, 0.1) is 11.9 Å². The lowest BCUT2D eigenvalue weighted by Gasteiger charge is -2.07. The van der Waals surface area contributed by atoms with Gasteiger partial charge in [-0.05, 0) is 23.6 Å². The number of hydrogen-bond donors (Lipinski definition) is 3. The molecule has 27 heavy (non-hydrogen) atoms. The van der Waals surface area contributed by atoms with E-state index in [0.717, 1.165) is 47.8 Å². The molecule has 0 amide bonds. The Bertz CT molecular complexity index is 983. The maximum absolute atomic E-state index is 4.33. The Kier molecular flexibility index (Phi) is 5.12. The summed E-state index contributed by atoms with van der Waals surface area (Å²) < 4.78 is 0. The molecule has 0 unspecified atom stereocenters. The Hall–Kier alpha value is -3.18. The number of aromatic amines is 2. The Morgan fingerprint density at radius 1 is 0.889 bits per heavy atom. The maximum Gasteiger partial charge on any atom is 0.107 e. The van der Waals surface area contributed by atoms with Crippen LogP contribution in [0.3, 0.4) is 0 Å². The fourth-order valence-corrected chi connectivity index (χ4v) is 3.18. The number of aryl methyl sites for hydroxylation is 1. The highest BCUT2D eigenvalue weighted by atomic mass is 15.1. The lowest BCUT2D eigenvalue weighted by molar-refractivity contribution is 0.674. The van der Waals surface area contributed by atoms with Crippen molar-refractivity contribution < 1.29 is 0 Å². The van der Waals surface area contributed by atoms with Crippen LogP contribution in [-0.4, -0.2) is 26.7 Å². The van der Waals surface area contributed by atoms with Gasteiger partial charge in [-0.1, -0.05) is 54.6 Å². The first kappa shape index (κ1) is 17.2. The maximum atomic E-state index is 4.33. The molecule has 0 spiro atoms. The van der Waals surface area contributed by atoms with Crippen molar-refractivity contribution in [3.8, 4) is 22.4 Å². The summed E-state index contributed by atoms with van der Waals surface area (Å²) in [5, 5.41) is 10.8. The fourth-order valence-electron chi connectivity index (χ4n) is 3.18. The van der Waals surface area contributed by atoms with E-state index in [2.05, 4.69) is 74.0 Å². The van der Waals surface area contributed by atoms with Crippen molar-refractivity contribution >= 4 is 0 Å². The minimum absolute atomic E-state index is 0.770. The first-order valence-corrected chi connectivity index (χ1v) is 9.19. The molecule has 0 aliphatic carbocycles. The van der Waals surface area contributed by atoms with Gasteiger partial charge in [-0.25, -0.2) is 4.98 Å². The molecule has 3 N–H and O–H groups in total. The number of H-pyrrole nitrogens is 2. The SMILES string of the molecule is Cc1cnc(CCNCc2cn[nH]c2-c2ccc(-c3ccccc3)cc2)[nH]1. The second-order valence-electron chi connectivity index (χ2n) is 6.65. The fraction of sp³-hybridized carbons (Fsp3) is 0.182. The second kappa shape index (κ2) is 8.01. The molecular formula is C22H23N5. The first-order chi connectivity index (χ1) is 13.3. The molecule has 0 saturated carbocycles. The summed E-state index contributed by atoms with van der Waals surface area (Å²) in [7, 11) is 0. The van der Waals surface area contributed by atoms with Gasteiger partial charge in [0, 0.05) is 37.0 Å². The van der Waals surface area contributed by atoms with Crippen LogP contribution in [0.2, 0.25) is 0 Å². The molecule has 0 saturated heterocycles. The molecule has 5 heteroatoms. The minimum Gasteiger partial charge on any atom is -0.346 e. The smallest absolute Gasteiger partial charge is 0.107 e. The quantitative estimate of drug-likeness (QED) is 0.436. The van der Waals surface area contributed by atoms with Gasteiger partial charge >= 0.3 is 0 Å². The highest BCUT2D eigenvalue weighted by molar-refractivity contribution is 5.69. The third-order valence-electron chi connectivity index (χ3n) is 4.61. The molecule has 5 nitrogen and oxygen atoms in total. The van der Waals surface area contributed by atoms with Gasteiger partial charge in [-0.2, -0.15) is 5.10 Å². The van der Waals surface area contributed by atoms with E-state index in [1.807, 2.05) is 25.4 Å². The van der Waals surface area contributed by atoms with E-state index in [1.54, 1.807) is 0 Å². The number of hydrogen-bond acceptors (Lipinski definition) is 3. The predicted octanol–water partition coefficient (Wildman–Crippen LogP) is 4.11. The molecule has 4 aromatic rings. The lowest BCUT2D eigenvalue weighted by atomic mass is 10.0. The Morgan fingerprint density at radius 2 is 1.63 bits per heavy atom. The Balaban J connectivity index is 1.39. The van der Waals surface area contributed by atoms with Crippen molar-refractivity contribution in [2.45, 2.75) is 19.9 Å². The Labute approximate surface area is 158 Å². The van der Waals surface area contributed by atoms with Crippen molar-refractivity contribution in [1.29, 1.82) is 0 Å². The monoisotopic (exact) mass is 357 g/mol. The van der Waals surface area contributed by atoms with Gasteiger partial charge in [-0.15, -0.1) is 0 Å².